The van der Waals surface area contributed by atoms with Crippen LogP contribution >= 0.6 is 0 Å². The molecule has 32 heavy (non-hydrogen) atoms. The van der Waals surface area contributed by atoms with E-state index in [9.17, 15) is 27.9 Å². The minimum absolute atomic E-state index is 0.178. The largest absolute Gasteiger partial charge is 0.481 e. The lowest BCUT2D eigenvalue weighted by molar-refractivity contribution is -0.141. The molecule has 0 fully saturated rings. The molecule has 0 aromatic carbocycles. The van der Waals surface area contributed by atoms with Gasteiger partial charge in [0, 0.05) is 29.7 Å². The Kier molecular flexibility index (Phi) is 7.00. The fraction of sp³-hybridized carbons (Fsp3) is 0.500. The van der Waals surface area contributed by atoms with Gasteiger partial charge in [-0.15, -0.1) is 0 Å². The van der Waals surface area contributed by atoms with Gasteiger partial charge in [-0.3, -0.25) is 9.59 Å². The van der Waals surface area contributed by atoms with Crippen LogP contribution in [-0.4, -0.2) is 40.5 Å². The fourth-order valence-corrected chi connectivity index (χ4v) is 4.34. The summed E-state index contributed by atoms with van der Waals surface area (Å²) in [5.41, 5.74) is 2.70. The molecular weight excluding hydrogens is 421 g/mol. The second-order valence-corrected chi connectivity index (χ2v) is 8.77. The number of ketones is 1. The van der Waals surface area contributed by atoms with Gasteiger partial charge in [0.25, 0.3) is 0 Å². The topological polar surface area (TPSA) is 69.6 Å². The number of halogens is 3. The number of hydrogen-bond donors (Lipinski definition) is 2. The van der Waals surface area contributed by atoms with Crippen molar-refractivity contribution < 1.29 is 27.9 Å². The quantitative estimate of drug-likeness (QED) is 0.613. The first-order valence-corrected chi connectivity index (χ1v) is 10.8. The first-order valence-electron chi connectivity index (χ1n) is 10.8. The molecule has 0 aromatic heterocycles. The molecule has 2 N–H and O–H groups in total. The van der Waals surface area contributed by atoms with E-state index in [1.54, 1.807) is 24.4 Å². The average molecular weight is 451 g/mol. The number of hydrogen-bond acceptors (Lipinski definition) is 4. The highest BCUT2D eigenvalue weighted by molar-refractivity contribution is 5.96. The van der Waals surface area contributed by atoms with Crippen molar-refractivity contribution in [2.45, 2.75) is 52.3 Å². The number of aliphatic carboxylic acids is 1. The third-order valence-electron chi connectivity index (χ3n) is 6.12. The van der Waals surface area contributed by atoms with Crippen molar-refractivity contribution in [1.29, 1.82) is 0 Å². The van der Waals surface area contributed by atoms with Crippen LogP contribution in [0.15, 0.2) is 59.1 Å². The van der Waals surface area contributed by atoms with Gasteiger partial charge in [-0.1, -0.05) is 38.2 Å². The molecule has 3 aliphatic rings. The van der Waals surface area contributed by atoms with E-state index in [1.807, 2.05) is 17.9 Å². The highest BCUT2D eigenvalue weighted by atomic mass is 19.4. The lowest BCUT2D eigenvalue weighted by Gasteiger charge is -2.38. The number of Topliss-reactive ketones (excluding diaryl/α,β-unsaturated/α-hetero) is 1. The molecule has 0 saturated carbocycles. The van der Waals surface area contributed by atoms with Crippen molar-refractivity contribution in [3.05, 3.63) is 59.1 Å². The maximum atomic E-state index is 12.7. The minimum Gasteiger partial charge on any atom is -0.481 e. The van der Waals surface area contributed by atoms with Crippen LogP contribution in [0.4, 0.5) is 13.2 Å². The lowest BCUT2D eigenvalue weighted by atomic mass is 9.85. The lowest BCUT2D eigenvalue weighted by Crippen LogP contribution is -2.40. The Morgan fingerprint density at radius 1 is 1.22 bits per heavy atom. The Bertz CT molecular complexity index is 927. The molecule has 0 saturated heterocycles. The van der Waals surface area contributed by atoms with E-state index in [0.717, 1.165) is 17.7 Å². The maximum Gasteiger partial charge on any atom is 0.390 e. The number of nitrogens with one attached hydrogen (secondary N) is 1. The van der Waals surface area contributed by atoms with Gasteiger partial charge in [0.05, 0.1) is 18.4 Å². The molecule has 0 aromatic rings. The summed E-state index contributed by atoms with van der Waals surface area (Å²) in [7, 11) is 0. The second kappa shape index (κ2) is 9.38. The smallest absolute Gasteiger partial charge is 0.390 e. The zero-order valence-corrected chi connectivity index (χ0v) is 18.4. The van der Waals surface area contributed by atoms with E-state index in [2.05, 4.69) is 18.3 Å². The number of carboxylic acids is 1. The highest BCUT2D eigenvalue weighted by Gasteiger charge is 2.34. The molecule has 4 atom stereocenters. The molecular formula is C24H29F3N2O3. The summed E-state index contributed by atoms with van der Waals surface area (Å²) in [4.78, 5) is 25.6. The first-order chi connectivity index (χ1) is 15.0. The molecule has 0 amide bonds. The third-order valence-corrected chi connectivity index (χ3v) is 6.12. The number of nitrogens with zero attached hydrogens (tertiary/aromatic N) is 1. The molecule has 8 heteroatoms. The van der Waals surface area contributed by atoms with E-state index in [1.165, 1.54) is 6.92 Å². The van der Waals surface area contributed by atoms with Crippen molar-refractivity contribution in [2.24, 2.45) is 17.8 Å². The molecule has 0 spiro atoms. The van der Waals surface area contributed by atoms with E-state index >= 15 is 0 Å². The van der Waals surface area contributed by atoms with Gasteiger partial charge in [0.1, 0.15) is 0 Å². The van der Waals surface area contributed by atoms with Gasteiger partial charge in [0.15, 0.2) is 5.78 Å². The number of carboxylic acid groups (broad SMARTS) is 1. The summed E-state index contributed by atoms with van der Waals surface area (Å²) in [6.07, 6.45) is 7.19. The average Bonchev–Trinajstić information content (AvgIpc) is 2.85. The first kappa shape index (κ1) is 23.9. The van der Waals surface area contributed by atoms with Crippen molar-refractivity contribution in [2.75, 3.05) is 6.54 Å². The molecule has 3 rings (SSSR count). The minimum atomic E-state index is -4.27. The fourth-order valence-electron chi connectivity index (χ4n) is 4.34. The molecule has 0 bridgehead atoms. The molecule has 2 aliphatic heterocycles. The van der Waals surface area contributed by atoms with Crippen LogP contribution in [0.5, 0.6) is 0 Å². The molecule has 5 nitrogen and oxygen atoms in total. The van der Waals surface area contributed by atoms with Gasteiger partial charge in [-0.05, 0) is 43.3 Å². The number of rotatable bonds is 6. The molecule has 0 radical (unpaired) electrons. The van der Waals surface area contributed by atoms with Crippen LogP contribution in [0.1, 0.15) is 40.0 Å². The molecule has 4 unspecified atom stereocenters. The SMILES string of the molecule is CC(=O)C1=CN2C(C3=CC(C)C(C(=O)O)C=C3)=CC(C)CCC2C(NCCC(F)(F)F)=C1. The Labute approximate surface area is 186 Å². The maximum absolute atomic E-state index is 12.7. The van der Waals surface area contributed by atoms with Crippen LogP contribution < -0.4 is 5.32 Å². The summed E-state index contributed by atoms with van der Waals surface area (Å²) >= 11 is 0. The van der Waals surface area contributed by atoms with Gasteiger partial charge in [-0.2, -0.15) is 13.2 Å². The predicted molar refractivity (Wildman–Crippen MR) is 115 cm³/mol. The third kappa shape index (κ3) is 5.53. The van der Waals surface area contributed by atoms with Gasteiger partial charge in [-0.25, -0.2) is 0 Å². The van der Waals surface area contributed by atoms with Gasteiger partial charge in [0.2, 0.25) is 0 Å². The molecule has 174 valence electrons. The molecule has 2 heterocycles. The van der Waals surface area contributed by atoms with Crippen LogP contribution in [0.25, 0.3) is 0 Å². The Morgan fingerprint density at radius 2 is 1.94 bits per heavy atom. The second-order valence-electron chi connectivity index (χ2n) is 8.77. The summed E-state index contributed by atoms with van der Waals surface area (Å²) in [6.45, 7) is 5.08. The van der Waals surface area contributed by atoms with Crippen molar-refractivity contribution >= 4 is 11.8 Å². The van der Waals surface area contributed by atoms with Crippen molar-refractivity contribution in [3.63, 3.8) is 0 Å². The zero-order valence-electron chi connectivity index (χ0n) is 18.4. The standard InChI is InChI=1S/C24H29F3N2O3/c1-14-4-7-21-20(28-9-8-24(25,26)27)12-18(16(3)30)13-29(21)22(10-14)17-5-6-19(23(31)32)15(2)11-17/h5-6,10-15,19,21,28H,4,7-9H2,1-3H3,(H,31,32). The Balaban J connectivity index is 1.96. The van der Waals surface area contributed by atoms with E-state index in [-0.39, 0.29) is 30.2 Å². The van der Waals surface area contributed by atoms with Gasteiger partial charge < -0.3 is 15.3 Å². The van der Waals surface area contributed by atoms with Crippen LogP contribution in [-0.2, 0) is 9.59 Å². The zero-order chi connectivity index (χ0) is 23.6. The number of alkyl halides is 3. The summed E-state index contributed by atoms with van der Waals surface area (Å²) in [5, 5.41) is 12.3. The van der Waals surface area contributed by atoms with E-state index in [0.29, 0.717) is 17.7 Å². The van der Waals surface area contributed by atoms with Gasteiger partial charge >= 0.3 is 12.1 Å². The molecule has 1 aliphatic carbocycles. The van der Waals surface area contributed by atoms with E-state index in [4.69, 9.17) is 0 Å². The van der Waals surface area contributed by atoms with Crippen molar-refractivity contribution in [1.82, 2.24) is 10.2 Å². The van der Waals surface area contributed by atoms with Crippen molar-refractivity contribution in [3.8, 4) is 0 Å². The number of carbonyl (C=O) groups excluding carboxylic acids is 1. The monoisotopic (exact) mass is 450 g/mol. The summed E-state index contributed by atoms with van der Waals surface area (Å²) < 4.78 is 38.1. The number of carbonyl (C=O) groups is 2. The summed E-state index contributed by atoms with van der Waals surface area (Å²) in [5.74, 6) is -1.68. The summed E-state index contributed by atoms with van der Waals surface area (Å²) in [6, 6.07) is -0.232. The Hall–Kier alpha value is -2.77. The normalized spacial score (nSPS) is 28.0. The number of allylic oxidation sites excluding steroid dienone is 5. The number of fused-ring (bicyclic) bond motifs is 1. The van der Waals surface area contributed by atoms with Crippen LogP contribution in [0.3, 0.4) is 0 Å². The Morgan fingerprint density at radius 3 is 2.53 bits per heavy atom. The van der Waals surface area contributed by atoms with Crippen LogP contribution in [0, 0.1) is 17.8 Å². The predicted octanol–water partition coefficient (Wildman–Crippen LogP) is 4.72. The van der Waals surface area contributed by atoms with Crippen LogP contribution in [0.2, 0.25) is 0 Å². The van der Waals surface area contributed by atoms with E-state index < -0.39 is 24.5 Å². The highest BCUT2D eigenvalue weighted by Crippen LogP contribution is 2.37.